The molecule has 0 aliphatic heterocycles. The third-order valence-electron chi connectivity index (χ3n) is 2.03. The molecule has 0 aliphatic rings. The normalized spacial score (nSPS) is 12.9. The molecule has 0 heterocycles. The summed E-state index contributed by atoms with van der Waals surface area (Å²) in [5, 5.41) is 3.06. The van der Waals surface area contributed by atoms with Crippen molar-refractivity contribution in [2.45, 2.75) is 6.04 Å². The molecule has 14 heavy (non-hydrogen) atoms. The van der Waals surface area contributed by atoms with Gasteiger partial charge in [0, 0.05) is 11.8 Å². The van der Waals surface area contributed by atoms with Gasteiger partial charge in [-0.1, -0.05) is 6.07 Å². The summed E-state index contributed by atoms with van der Waals surface area (Å²) in [7, 11) is 1.81. The van der Waals surface area contributed by atoms with E-state index < -0.39 is 11.6 Å². The van der Waals surface area contributed by atoms with Crippen LogP contribution in [-0.2, 0) is 0 Å². The quantitative estimate of drug-likeness (QED) is 0.832. The zero-order valence-electron chi connectivity index (χ0n) is 8.18. The highest BCUT2D eigenvalue weighted by atomic mass is 32.2. The minimum atomic E-state index is -0.798. The summed E-state index contributed by atoms with van der Waals surface area (Å²) >= 11 is 1.66. The largest absolute Gasteiger partial charge is 0.312 e. The van der Waals surface area contributed by atoms with Crippen molar-refractivity contribution in [2.75, 3.05) is 19.1 Å². The minimum absolute atomic E-state index is 0.0695. The summed E-state index contributed by atoms with van der Waals surface area (Å²) in [6.07, 6.45) is 1.98. The SMILES string of the molecule is CNC(CSC)c1ccc(F)c(F)c1. The van der Waals surface area contributed by atoms with Crippen molar-refractivity contribution in [1.29, 1.82) is 0 Å². The minimum Gasteiger partial charge on any atom is -0.312 e. The summed E-state index contributed by atoms with van der Waals surface area (Å²) in [5.74, 6) is -0.752. The number of thioether (sulfide) groups is 1. The van der Waals surface area contributed by atoms with Gasteiger partial charge in [-0.3, -0.25) is 0 Å². The first-order chi connectivity index (χ1) is 6.69. The molecule has 0 bridgehead atoms. The van der Waals surface area contributed by atoms with Crippen molar-refractivity contribution < 1.29 is 8.78 Å². The maximum absolute atomic E-state index is 12.9. The second-order valence-corrected chi connectivity index (χ2v) is 3.88. The lowest BCUT2D eigenvalue weighted by atomic mass is 10.1. The number of hydrogen-bond donors (Lipinski definition) is 1. The van der Waals surface area contributed by atoms with Gasteiger partial charge in [-0.25, -0.2) is 8.78 Å². The van der Waals surface area contributed by atoms with Crippen molar-refractivity contribution in [3.8, 4) is 0 Å². The van der Waals surface area contributed by atoms with Crippen LogP contribution in [0.3, 0.4) is 0 Å². The van der Waals surface area contributed by atoms with Crippen LogP contribution in [0.1, 0.15) is 11.6 Å². The molecular weight excluding hydrogens is 204 g/mol. The van der Waals surface area contributed by atoms with Gasteiger partial charge in [0.1, 0.15) is 0 Å². The van der Waals surface area contributed by atoms with E-state index in [4.69, 9.17) is 0 Å². The molecule has 1 atom stereocenters. The molecule has 1 nitrogen and oxygen atoms in total. The molecule has 0 spiro atoms. The van der Waals surface area contributed by atoms with E-state index in [1.807, 2.05) is 13.3 Å². The van der Waals surface area contributed by atoms with Crippen molar-refractivity contribution in [1.82, 2.24) is 5.32 Å². The Morgan fingerprint density at radius 2 is 2.07 bits per heavy atom. The average Bonchev–Trinajstić information content (AvgIpc) is 2.19. The first-order valence-electron chi connectivity index (χ1n) is 4.30. The van der Waals surface area contributed by atoms with E-state index in [2.05, 4.69) is 5.32 Å². The van der Waals surface area contributed by atoms with Crippen molar-refractivity contribution >= 4 is 11.8 Å². The lowest BCUT2D eigenvalue weighted by Crippen LogP contribution is -2.18. The molecule has 0 radical (unpaired) electrons. The van der Waals surface area contributed by atoms with Gasteiger partial charge < -0.3 is 5.32 Å². The molecule has 1 aromatic rings. The van der Waals surface area contributed by atoms with E-state index in [0.717, 1.165) is 17.4 Å². The Balaban J connectivity index is 2.88. The molecule has 4 heteroatoms. The Bertz CT molecular complexity index is 304. The van der Waals surface area contributed by atoms with Gasteiger partial charge in [0.15, 0.2) is 11.6 Å². The fourth-order valence-corrected chi connectivity index (χ4v) is 1.93. The van der Waals surface area contributed by atoms with Crippen molar-refractivity contribution in [3.05, 3.63) is 35.4 Å². The van der Waals surface area contributed by atoms with Crippen molar-refractivity contribution in [3.63, 3.8) is 0 Å². The molecule has 0 aliphatic carbocycles. The Morgan fingerprint density at radius 1 is 1.36 bits per heavy atom. The molecule has 1 aromatic carbocycles. The van der Waals surface area contributed by atoms with E-state index in [1.54, 1.807) is 17.8 Å². The Morgan fingerprint density at radius 3 is 2.57 bits per heavy atom. The van der Waals surface area contributed by atoms with Crippen LogP contribution in [-0.4, -0.2) is 19.1 Å². The molecular formula is C10H13F2NS. The number of rotatable bonds is 4. The fraction of sp³-hybridized carbons (Fsp3) is 0.400. The van der Waals surface area contributed by atoms with Crippen LogP contribution < -0.4 is 5.32 Å². The molecule has 1 N–H and O–H groups in total. The maximum Gasteiger partial charge on any atom is 0.159 e. The first-order valence-corrected chi connectivity index (χ1v) is 5.69. The number of halogens is 2. The highest BCUT2D eigenvalue weighted by Crippen LogP contribution is 2.18. The van der Waals surface area contributed by atoms with Gasteiger partial charge in [-0.15, -0.1) is 0 Å². The summed E-state index contributed by atoms with van der Waals surface area (Å²) in [4.78, 5) is 0. The van der Waals surface area contributed by atoms with E-state index >= 15 is 0 Å². The number of hydrogen-bond acceptors (Lipinski definition) is 2. The second-order valence-electron chi connectivity index (χ2n) is 2.97. The third-order valence-corrected chi connectivity index (χ3v) is 2.69. The topological polar surface area (TPSA) is 12.0 Å². The summed E-state index contributed by atoms with van der Waals surface area (Å²) in [6, 6.07) is 4.08. The highest BCUT2D eigenvalue weighted by molar-refractivity contribution is 7.98. The lowest BCUT2D eigenvalue weighted by Gasteiger charge is -2.15. The molecule has 1 rings (SSSR count). The second kappa shape index (κ2) is 5.32. The maximum atomic E-state index is 12.9. The number of benzene rings is 1. The highest BCUT2D eigenvalue weighted by Gasteiger charge is 2.10. The molecule has 0 amide bonds. The average molecular weight is 217 g/mol. The van der Waals surface area contributed by atoms with Crippen LogP contribution >= 0.6 is 11.8 Å². The van der Waals surface area contributed by atoms with Crippen LogP contribution in [0.5, 0.6) is 0 Å². The van der Waals surface area contributed by atoms with Gasteiger partial charge >= 0.3 is 0 Å². The predicted octanol–water partition coefficient (Wildman–Crippen LogP) is 2.59. The predicted molar refractivity (Wildman–Crippen MR) is 56.5 cm³/mol. The summed E-state index contributed by atoms with van der Waals surface area (Å²) in [6.45, 7) is 0. The van der Waals surface area contributed by atoms with E-state index in [1.165, 1.54) is 6.07 Å². The molecule has 0 aromatic heterocycles. The Kier molecular flexibility index (Phi) is 4.35. The number of nitrogens with one attached hydrogen (secondary N) is 1. The van der Waals surface area contributed by atoms with Crippen molar-refractivity contribution in [2.24, 2.45) is 0 Å². The molecule has 1 unspecified atom stereocenters. The van der Waals surface area contributed by atoms with Gasteiger partial charge in [0.25, 0.3) is 0 Å². The smallest absolute Gasteiger partial charge is 0.159 e. The monoisotopic (exact) mass is 217 g/mol. The third kappa shape index (κ3) is 2.69. The first kappa shape index (κ1) is 11.5. The van der Waals surface area contributed by atoms with Crippen LogP contribution in [0.25, 0.3) is 0 Å². The Labute approximate surface area is 86.9 Å². The molecule has 0 saturated carbocycles. The van der Waals surface area contributed by atoms with Crippen LogP contribution in [0.4, 0.5) is 8.78 Å². The van der Waals surface area contributed by atoms with Crippen LogP contribution in [0.2, 0.25) is 0 Å². The van der Waals surface area contributed by atoms with Crippen LogP contribution in [0, 0.1) is 11.6 Å². The van der Waals surface area contributed by atoms with Gasteiger partial charge in [0.05, 0.1) is 0 Å². The molecule has 0 saturated heterocycles. The summed E-state index contributed by atoms with van der Waals surface area (Å²) in [5.41, 5.74) is 0.778. The fourth-order valence-electron chi connectivity index (χ4n) is 1.24. The van der Waals surface area contributed by atoms with Crippen LogP contribution in [0.15, 0.2) is 18.2 Å². The van der Waals surface area contributed by atoms with Gasteiger partial charge in [0.2, 0.25) is 0 Å². The zero-order valence-corrected chi connectivity index (χ0v) is 9.00. The van der Waals surface area contributed by atoms with E-state index in [-0.39, 0.29) is 6.04 Å². The Hall–Kier alpha value is -0.610. The summed E-state index contributed by atoms with van der Waals surface area (Å²) < 4.78 is 25.6. The molecule has 78 valence electrons. The van der Waals surface area contributed by atoms with Gasteiger partial charge in [-0.2, -0.15) is 11.8 Å². The molecule has 0 fully saturated rings. The zero-order chi connectivity index (χ0) is 10.6. The van der Waals surface area contributed by atoms with E-state index in [0.29, 0.717) is 0 Å². The van der Waals surface area contributed by atoms with E-state index in [9.17, 15) is 8.78 Å². The van der Waals surface area contributed by atoms with Gasteiger partial charge in [-0.05, 0) is 31.0 Å². The lowest BCUT2D eigenvalue weighted by molar-refractivity contribution is 0.504. The standard InChI is InChI=1S/C10H13F2NS/c1-13-10(6-14-2)7-3-4-8(11)9(12)5-7/h3-5,10,13H,6H2,1-2H3.